The Morgan fingerprint density at radius 3 is 1.67 bits per heavy atom. The predicted molar refractivity (Wildman–Crippen MR) is 184 cm³/mol. The van der Waals surface area contributed by atoms with Crippen LogP contribution in [0.4, 0.5) is 0 Å². The Bertz CT molecular complexity index is 2470. The first kappa shape index (κ1) is 24.2. The van der Waals surface area contributed by atoms with Crippen LogP contribution in [-0.4, -0.2) is 9.97 Å². The Hall–Kier alpha value is -5.38. The monoisotopic (exact) mass is 564 g/mol. The summed E-state index contributed by atoms with van der Waals surface area (Å²) in [6, 6.07) is 52.0. The van der Waals surface area contributed by atoms with Gasteiger partial charge in [-0.1, -0.05) is 127 Å². The largest absolute Gasteiger partial charge is 0.227 e. The maximum absolute atomic E-state index is 5.22. The van der Waals surface area contributed by atoms with Crippen molar-refractivity contribution in [2.75, 3.05) is 0 Å². The first-order valence-corrected chi connectivity index (χ1v) is 15.3. The van der Waals surface area contributed by atoms with Crippen molar-refractivity contribution in [3.05, 3.63) is 146 Å². The normalized spacial score (nSPS) is 11.7. The molecule has 0 aliphatic heterocycles. The predicted octanol–water partition coefficient (Wildman–Crippen LogP) is 11.3. The van der Waals surface area contributed by atoms with E-state index in [0.29, 0.717) is 0 Å². The molecule has 7 aromatic carbocycles. The lowest BCUT2D eigenvalue weighted by Gasteiger charge is -2.13. The minimum absolute atomic E-state index is 0.754. The molecule has 0 saturated carbocycles. The quantitative estimate of drug-likeness (QED) is 0.199. The first-order valence-electron chi connectivity index (χ1n) is 14.5. The lowest BCUT2D eigenvalue weighted by atomic mass is 9.91. The maximum atomic E-state index is 5.22. The zero-order valence-corrected chi connectivity index (χ0v) is 24.0. The second-order valence-electron chi connectivity index (χ2n) is 11.0. The molecular weight excluding hydrogens is 541 g/mol. The molecule has 0 amide bonds. The molecule has 0 fully saturated rings. The second-order valence-corrected chi connectivity index (χ2v) is 12.0. The highest BCUT2D eigenvalue weighted by Gasteiger charge is 2.17. The van der Waals surface area contributed by atoms with Crippen LogP contribution in [0, 0.1) is 0 Å². The van der Waals surface area contributed by atoms with Gasteiger partial charge in [-0.3, -0.25) is 0 Å². The fraction of sp³-hybridized carbons (Fsp3) is 0. The number of aromatic nitrogens is 2. The molecule has 0 aliphatic rings. The van der Waals surface area contributed by atoms with Gasteiger partial charge in [0, 0.05) is 26.6 Å². The zero-order valence-electron chi connectivity index (χ0n) is 23.2. The summed E-state index contributed by atoms with van der Waals surface area (Å²) in [6.07, 6.45) is 0. The van der Waals surface area contributed by atoms with Crippen molar-refractivity contribution >= 4 is 64.0 Å². The van der Waals surface area contributed by atoms with Gasteiger partial charge in [-0.25, -0.2) is 9.97 Å². The molecule has 9 aromatic rings. The fourth-order valence-corrected chi connectivity index (χ4v) is 7.56. The van der Waals surface area contributed by atoms with Crippen LogP contribution in [0.15, 0.2) is 146 Å². The molecule has 9 rings (SSSR count). The van der Waals surface area contributed by atoms with Crippen molar-refractivity contribution in [1.82, 2.24) is 9.97 Å². The number of hydrogen-bond donors (Lipinski definition) is 0. The molecule has 200 valence electrons. The van der Waals surface area contributed by atoms with E-state index < -0.39 is 0 Å². The van der Waals surface area contributed by atoms with E-state index in [9.17, 15) is 0 Å². The molecule has 0 spiro atoms. The second kappa shape index (κ2) is 9.59. The Balaban J connectivity index is 1.28. The Morgan fingerprint density at radius 2 is 0.930 bits per heavy atom. The van der Waals surface area contributed by atoms with Crippen LogP contribution in [0.5, 0.6) is 0 Å². The average molecular weight is 565 g/mol. The minimum Gasteiger partial charge on any atom is -0.227 e. The van der Waals surface area contributed by atoms with Gasteiger partial charge in [-0.05, 0) is 61.6 Å². The summed E-state index contributed by atoms with van der Waals surface area (Å²) in [4.78, 5) is 11.3. The van der Waals surface area contributed by atoms with E-state index in [-0.39, 0.29) is 0 Å². The van der Waals surface area contributed by atoms with E-state index in [2.05, 4.69) is 127 Å². The fourth-order valence-electron chi connectivity index (χ4n) is 6.48. The molecule has 0 unspecified atom stereocenters. The van der Waals surface area contributed by atoms with Gasteiger partial charge in [-0.15, -0.1) is 11.3 Å². The van der Waals surface area contributed by atoms with E-state index in [1.54, 1.807) is 11.3 Å². The van der Waals surface area contributed by atoms with Crippen molar-refractivity contribution in [2.45, 2.75) is 0 Å². The van der Waals surface area contributed by atoms with Crippen LogP contribution in [0.2, 0.25) is 0 Å². The number of benzene rings is 7. The van der Waals surface area contributed by atoms with Gasteiger partial charge in [0.1, 0.15) is 4.83 Å². The van der Waals surface area contributed by atoms with Gasteiger partial charge < -0.3 is 0 Å². The highest BCUT2D eigenvalue weighted by Crippen LogP contribution is 2.41. The number of rotatable bonds is 3. The van der Waals surface area contributed by atoms with Crippen molar-refractivity contribution < 1.29 is 0 Å². The first-order chi connectivity index (χ1) is 21.3. The van der Waals surface area contributed by atoms with Crippen LogP contribution >= 0.6 is 11.3 Å². The summed E-state index contributed by atoms with van der Waals surface area (Å²) >= 11 is 1.73. The third kappa shape index (κ3) is 3.86. The van der Waals surface area contributed by atoms with E-state index in [1.807, 2.05) is 18.2 Å². The molecule has 0 N–H and O–H groups in total. The smallest absolute Gasteiger partial charge is 0.161 e. The van der Waals surface area contributed by atoms with Crippen molar-refractivity contribution in [3.63, 3.8) is 0 Å². The Kier molecular flexibility index (Phi) is 5.40. The molecule has 0 saturated heterocycles. The van der Waals surface area contributed by atoms with Gasteiger partial charge in [0.2, 0.25) is 0 Å². The third-order valence-corrected chi connectivity index (χ3v) is 9.55. The molecule has 0 aliphatic carbocycles. The number of fused-ring (bicyclic) bond motifs is 9. The Labute approximate surface area is 252 Å². The van der Waals surface area contributed by atoms with Gasteiger partial charge in [0.05, 0.1) is 5.69 Å². The van der Waals surface area contributed by atoms with Crippen LogP contribution in [0.1, 0.15) is 0 Å². The zero-order chi connectivity index (χ0) is 28.3. The van der Waals surface area contributed by atoms with E-state index in [1.165, 1.54) is 53.5 Å². The lowest BCUT2D eigenvalue weighted by Crippen LogP contribution is -1.94. The molecule has 0 bridgehead atoms. The number of thiophene rings is 1. The molecule has 2 nitrogen and oxygen atoms in total. The summed E-state index contributed by atoms with van der Waals surface area (Å²) in [5.41, 5.74) is 5.45. The molecule has 43 heavy (non-hydrogen) atoms. The summed E-state index contributed by atoms with van der Waals surface area (Å²) in [5, 5.41) is 10.0. The van der Waals surface area contributed by atoms with E-state index in [0.717, 1.165) is 32.9 Å². The molecule has 3 heteroatoms. The summed E-state index contributed by atoms with van der Waals surface area (Å²) < 4.78 is 1.23. The summed E-state index contributed by atoms with van der Waals surface area (Å²) in [6.45, 7) is 0. The third-order valence-electron chi connectivity index (χ3n) is 8.48. The molecule has 2 heterocycles. The summed E-state index contributed by atoms with van der Waals surface area (Å²) in [7, 11) is 0. The van der Waals surface area contributed by atoms with Crippen LogP contribution in [0.3, 0.4) is 0 Å². The minimum atomic E-state index is 0.754. The van der Waals surface area contributed by atoms with Crippen molar-refractivity contribution in [1.29, 1.82) is 0 Å². The van der Waals surface area contributed by atoms with Crippen molar-refractivity contribution in [2.24, 2.45) is 0 Å². The van der Waals surface area contributed by atoms with E-state index >= 15 is 0 Å². The molecule has 2 aromatic heterocycles. The van der Waals surface area contributed by atoms with Crippen LogP contribution in [-0.2, 0) is 0 Å². The highest BCUT2D eigenvalue weighted by atomic mass is 32.1. The molecule has 0 radical (unpaired) electrons. The van der Waals surface area contributed by atoms with E-state index in [4.69, 9.17) is 9.97 Å². The summed E-state index contributed by atoms with van der Waals surface area (Å²) in [5.74, 6) is 0.754. The van der Waals surface area contributed by atoms with Gasteiger partial charge in [0.15, 0.2) is 5.82 Å². The highest BCUT2D eigenvalue weighted by molar-refractivity contribution is 7.25. The van der Waals surface area contributed by atoms with Crippen molar-refractivity contribution in [3.8, 4) is 33.8 Å². The van der Waals surface area contributed by atoms with Crippen LogP contribution in [0.25, 0.3) is 86.4 Å². The van der Waals surface area contributed by atoms with Crippen LogP contribution < -0.4 is 0 Å². The van der Waals surface area contributed by atoms with Gasteiger partial charge >= 0.3 is 0 Å². The number of nitrogens with zero attached hydrogens (tertiary/aromatic N) is 2. The van der Waals surface area contributed by atoms with Gasteiger partial charge in [-0.2, -0.15) is 0 Å². The Morgan fingerprint density at radius 1 is 0.372 bits per heavy atom. The molecular formula is C40H24N2S. The topological polar surface area (TPSA) is 25.8 Å². The standard InChI is InChI=1S/C40H24N2S/c1-2-11-25(12-3-1)39-41-38(37-34-19-8-9-20-36(34)43-40(37)42-39)28-14-10-13-26(23-28)27-21-22-33-31-17-5-4-15-29(31)30-16-6-7-18-32(30)35(33)24-27/h1-24H. The van der Waals surface area contributed by atoms with Gasteiger partial charge in [0.25, 0.3) is 0 Å². The number of hydrogen-bond acceptors (Lipinski definition) is 3. The average Bonchev–Trinajstić information content (AvgIpc) is 3.47. The lowest BCUT2D eigenvalue weighted by molar-refractivity contribution is 1.24. The SMILES string of the molecule is c1ccc(-c2nc(-c3cccc(-c4ccc5c6ccccc6c6ccccc6c5c4)c3)c3c(n2)sc2ccccc23)cc1. The molecule has 0 atom stereocenters. The maximum Gasteiger partial charge on any atom is 0.161 e.